The van der Waals surface area contributed by atoms with Crippen LogP contribution in [0.5, 0.6) is 5.75 Å². The van der Waals surface area contributed by atoms with Crippen molar-refractivity contribution in [1.29, 1.82) is 0 Å². The van der Waals surface area contributed by atoms with Gasteiger partial charge >= 0.3 is 0 Å². The Labute approximate surface area is 190 Å². The highest BCUT2D eigenvalue weighted by Crippen LogP contribution is 2.27. The third-order valence-corrected chi connectivity index (χ3v) is 5.61. The largest absolute Gasteiger partial charge is 0.492 e. The molecule has 1 amide bonds. The minimum atomic E-state index is -0.206. The number of nitrogens with zero attached hydrogens (tertiary/aromatic N) is 5. The highest BCUT2D eigenvalue weighted by Gasteiger charge is 2.16. The maximum atomic E-state index is 12.4. The number of carbonyl (C=O) groups is 1. The summed E-state index contributed by atoms with van der Waals surface area (Å²) in [6.07, 6.45) is 1.61. The van der Waals surface area contributed by atoms with Crippen molar-refractivity contribution in [2.24, 2.45) is 0 Å². The number of morpholine rings is 1. The van der Waals surface area contributed by atoms with Crippen molar-refractivity contribution < 1.29 is 14.3 Å². The van der Waals surface area contributed by atoms with Gasteiger partial charge in [-0.25, -0.2) is 4.98 Å². The standard InChI is InChI=1S/C23H25N7O3/c1-24-23(31)18-6-3-7-19-20(18)27-21(22-28-25-15-30(19)22)26-16-4-2-5-17(14-16)33-13-10-29-8-11-32-12-9-29/h2-7,14-15H,8-13H2,1H3,(H,24,31)(H,26,27). The van der Waals surface area contributed by atoms with E-state index in [1.165, 1.54) is 0 Å². The molecule has 2 aromatic carbocycles. The van der Waals surface area contributed by atoms with Crippen molar-refractivity contribution in [2.75, 3.05) is 51.8 Å². The van der Waals surface area contributed by atoms with Crippen LogP contribution < -0.4 is 15.4 Å². The summed E-state index contributed by atoms with van der Waals surface area (Å²) in [6.45, 7) is 4.88. The van der Waals surface area contributed by atoms with Crippen LogP contribution in [0.3, 0.4) is 0 Å². The van der Waals surface area contributed by atoms with Crippen LogP contribution in [0.25, 0.3) is 16.7 Å². The molecule has 1 aliphatic heterocycles. The van der Waals surface area contributed by atoms with Gasteiger partial charge in [0.25, 0.3) is 5.91 Å². The molecule has 1 aliphatic rings. The number of benzene rings is 2. The van der Waals surface area contributed by atoms with E-state index in [0.29, 0.717) is 29.2 Å². The molecule has 0 atom stereocenters. The van der Waals surface area contributed by atoms with Crippen LogP contribution in [0, 0.1) is 0 Å². The molecule has 0 saturated carbocycles. The summed E-state index contributed by atoms with van der Waals surface area (Å²) < 4.78 is 13.2. The monoisotopic (exact) mass is 447 g/mol. The van der Waals surface area contributed by atoms with E-state index < -0.39 is 0 Å². The number of nitrogens with one attached hydrogen (secondary N) is 2. The average Bonchev–Trinajstić information content (AvgIpc) is 3.35. The van der Waals surface area contributed by atoms with Gasteiger partial charge in [0, 0.05) is 38.4 Å². The first-order chi connectivity index (χ1) is 16.2. The first-order valence-corrected chi connectivity index (χ1v) is 10.9. The van der Waals surface area contributed by atoms with E-state index in [9.17, 15) is 4.79 Å². The Morgan fingerprint density at radius 3 is 2.88 bits per heavy atom. The van der Waals surface area contributed by atoms with Gasteiger partial charge in [-0.3, -0.25) is 14.1 Å². The normalized spacial score (nSPS) is 14.5. The molecule has 3 heterocycles. The maximum Gasteiger partial charge on any atom is 0.253 e. The van der Waals surface area contributed by atoms with Crippen molar-refractivity contribution in [2.45, 2.75) is 0 Å². The van der Waals surface area contributed by atoms with Crippen molar-refractivity contribution in [3.8, 4) is 5.75 Å². The number of ether oxygens (including phenoxy) is 2. The van der Waals surface area contributed by atoms with Crippen molar-refractivity contribution in [3.05, 3.63) is 54.4 Å². The zero-order valence-corrected chi connectivity index (χ0v) is 18.3. The molecule has 10 heteroatoms. The fourth-order valence-electron chi connectivity index (χ4n) is 3.90. The van der Waals surface area contributed by atoms with Crippen molar-refractivity contribution in [3.63, 3.8) is 0 Å². The quantitative estimate of drug-likeness (QED) is 0.444. The van der Waals surface area contributed by atoms with E-state index in [4.69, 9.17) is 14.5 Å². The molecule has 0 spiro atoms. The first kappa shape index (κ1) is 21.1. The summed E-state index contributed by atoms with van der Waals surface area (Å²) in [5, 5.41) is 14.3. The number of anilines is 2. The molecule has 0 bridgehead atoms. The summed E-state index contributed by atoms with van der Waals surface area (Å²) in [6, 6.07) is 13.1. The van der Waals surface area contributed by atoms with Gasteiger partial charge in [-0.2, -0.15) is 0 Å². The fraction of sp³-hybridized carbons (Fsp3) is 0.304. The molecule has 1 fully saturated rings. The van der Waals surface area contributed by atoms with Crippen LogP contribution in [-0.2, 0) is 4.74 Å². The highest BCUT2D eigenvalue weighted by molar-refractivity contribution is 6.05. The van der Waals surface area contributed by atoms with Crippen LogP contribution in [0.4, 0.5) is 11.5 Å². The third-order valence-electron chi connectivity index (χ3n) is 5.61. The van der Waals surface area contributed by atoms with E-state index in [1.807, 2.05) is 40.8 Å². The number of para-hydroxylation sites is 1. The fourth-order valence-corrected chi connectivity index (χ4v) is 3.90. The Kier molecular flexibility index (Phi) is 6.01. The van der Waals surface area contributed by atoms with Crippen LogP contribution in [0.2, 0.25) is 0 Å². The molecule has 1 saturated heterocycles. The molecule has 33 heavy (non-hydrogen) atoms. The van der Waals surface area contributed by atoms with E-state index in [1.54, 1.807) is 19.4 Å². The smallest absolute Gasteiger partial charge is 0.253 e. The molecule has 0 radical (unpaired) electrons. The number of amides is 1. The van der Waals surface area contributed by atoms with Gasteiger partial charge < -0.3 is 20.1 Å². The van der Waals surface area contributed by atoms with Crippen LogP contribution >= 0.6 is 0 Å². The number of aromatic nitrogens is 4. The molecule has 2 N–H and O–H groups in total. The summed E-state index contributed by atoms with van der Waals surface area (Å²) >= 11 is 0. The van der Waals surface area contributed by atoms with E-state index in [-0.39, 0.29) is 5.91 Å². The maximum absolute atomic E-state index is 12.4. The molecular formula is C23H25N7O3. The summed E-state index contributed by atoms with van der Waals surface area (Å²) in [5.41, 5.74) is 3.16. The Hall–Kier alpha value is -3.76. The van der Waals surface area contributed by atoms with E-state index in [0.717, 1.165) is 49.8 Å². The second-order valence-electron chi connectivity index (χ2n) is 7.69. The predicted molar refractivity (Wildman–Crippen MR) is 124 cm³/mol. The lowest BCUT2D eigenvalue weighted by molar-refractivity contribution is 0.0322. The Morgan fingerprint density at radius 1 is 1.18 bits per heavy atom. The summed E-state index contributed by atoms with van der Waals surface area (Å²) in [7, 11) is 1.60. The van der Waals surface area contributed by atoms with Gasteiger partial charge in [-0.05, 0) is 24.3 Å². The van der Waals surface area contributed by atoms with Gasteiger partial charge in [-0.15, -0.1) is 10.2 Å². The molecule has 0 unspecified atom stereocenters. The first-order valence-electron chi connectivity index (χ1n) is 10.9. The van der Waals surface area contributed by atoms with Gasteiger partial charge in [0.05, 0.1) is 24.3 Å². The van der Waals surface area contributed by atoms with Gasteiger partial charge in [0.1, 0.15) is 24.2 Å². The number of hydrogen-bond acceptors (Lipinski definition) is 8. The van der Waals surface area contributed by atoms with Crippen LogP contribution in [-0.4, -0.2) is 76.9 Å². The average molecular weight is 447 g/mol. The van der Waals surface area contributed by atoms with Crippen molar-refractivity contribution >= 4 is 34.1 Å². The summed E-state index contributed by atoms with van der Waals surface area (Å²) in [4.78, 5) is 19.5. The van der Waals surface area contributed by atoms with Gasteiger partial charge in [0.2, 0.25) is 5.65 Å². The lowest BCUT2D eigenvalue weighted by Crippen LogP contribution is -2.38. The third kappa shape index (κ3) is 4.43. The minimum Gasteiger partial charge on any atom is -0.492 e. The van der Waals surface area contributed by atoms with Crippen LogP contribution in [0.1, 0.15) is 10.4 Å². The summed E-state index contributed by atoms with van der Waals surface area (Å²) in [5.74, 6) is 1.06. The van der Waals surface area contributed by atoms with Gasteiger partial charge in [-0.1, -0.05) is 12.1 Å². The number of carbonyl (C=O) groups excluding carboxylic acids is 1. The minimum absolute atomic E-state index is 0.206. The second-order valence-corrected chi connectivity index (χ2v) is 7.69. The zero-order valence-electron chi connectivity index (χ0n) is 18.3. The van der Waals surface area contributed by atoms with Crippen LogP contribution in [0.15, 0.2) is 48.8 Å². The van der Waals surface area contributed by atoms with E-state index >= 15 is 0 Å². The lowest BCUT2D eigenvalue weighted by atomic mass is 10.1. The molecular weight excluding hydrogens is 422 g/mol. The predicted octanol–water partition coefficient (Wildman–Crippen LogP) is 2.09. The topological polar surface area (TPSA) is 106 Å². The number of hydrogen-bond donors (Lipinski definition) is 2. The molecule has 2 aromatic heterocycles. The Balaban J connectivity index is 1.40. The number of fused-ring (bicyclic) bond motifs is 3. The zero-order chi connectivity index (χ0) is 22.6. The Bertz CT molecular complexity index is 1280. The van der Waals surface area contributed by atoms with Gasteiger partial charge in [0.15, 0.2) is 5.82 Å². The molecule has 4 aromatic rings. The second kappa shape index (κ2) is 9.39. The lowest BCUT2D eigenvalue weighted by Gasteiger charge is -2.26. The molecule has 0 aliphatic carbocycles. The van der Waals surface area contributed by atoms with Crippen molar-refractivity contribution in [1.82, 2.24) is 29.8 Å². The highest BCUT2D eigenvalue weighted by atomic mass is 16.5. The SMILES string of the molecule is CNC(=O)c1cccc2c1nc(Nc1cccc(OCCN3CCOCC3)c1)c1nncn12. The number of rotatable bonds is 7. The molecule has 170 valence electrons. The van der Waals surface area contributed by atoms with E-state index in [2.05, 4.69) is 25.7 Å². The molecule has 5 rings (SSSR count). The Morgan fingerprint density at radius 2 is 2.03 bits per heavy atom. The molecule has 10 nitrogen and oxygen atoms in total.